The SMILES string of the molecule is CC(=O)C=C(C)NCCc1ccccn1. The van der Waals surface area contributed by atoms with E-state index in [2.05, 4.69) is 10.3 Å². The Labute approximate surface area is 90.2 Å². The van der Waals surface area contributed by atoms with Crippen molar-refractivity contribution >= 4 is 5.78 Å². The van der Waals surface area contributed by atoms with E-state index in [1.807, 2.05) is 25.1 Å². The lowest BCUT2D eigenvalue weighted by Crippen LogP contribution is -2.16. The number of aromatic nitrogens is 1. The maximum atomic E-state index is 10.8. The zero-order valence-corrected chi connectivity index (χ0v) is 9.16. The number of nitrogens with zero attached hydrogens (tertiary/aromatic N) is 1. The number of ketones is 1. The molecular weight excluding hydrogens is 188 g/mol. The molecule has 1 aromatic rings. The van der Waals surface area contributed by atoms with E-state index in [1.54, 1.807) is 19.2 Å². The van der Waals surface area contributed by atoms with Gasteiger partial charge in [-0.15, -0.1) is 0 Å². The zero-order valence-electron chi connectivity index (χ0n) is 9.16. The van der Waals surface area contributed by atoms with Gasteiger partial charge in [-0.2, -0.15) is 0 Å². The van der Waals surface area contributed by atoms with Crippen LogP contribution in [0, 0.1) is 0 Å². The fourth-order valence-corrected chi connectivity index (χ4v) is 1.29. The number of hydrogen-bond acceptors (Lipinski definition) is 3. The molecular formula is C12H16N2O. The summed E-state index contributed by atoms with van der Waals surface area (Å²) in [6.45, 7) is 4.23. The van der Waals surface area contributed by atoms with Crippen LogP contribution in [0.1, 0.15) is 19.5 Å². The number of hydrogen-bond donors (Lipinski definition) is 1. The van der Waals surface area contributed by atoms with Crippen LogP contribution in [0.2, 0.25) is 0 Å². The van der Waals surface area contributed by atoms with E-state index in [4.69, 9.17) is 0 Å². The molecule has 0 radical (unpaired) electrons. The van der Waals surface area contributed by atoms with E-state index in [0.29, 0.717) is 0 Å². The summed E-state index contributed by atoms with van der Waals surface area (Å²) in [6, 6.07) is 5.87. The lowest BCUT2D eigenvalue weighted by Gasteiger charge is -2.05. The smallest absolute Gasteiger partial charge is 0.154 e. The molecule has 0 bridgehead atoms. The monoisotopic (exact) mass is 204 g/mol. The zero-order chi connectivity index (χ0) is 11.1. The molecule has 0 aliphatic carbocycles. The first-order chi connectivity index (χ1) is 7.18. The quantitative estimate of drug-likeness (QED) is 0.742. The second kappa shape index (κ2) is 5.96. The van der Waals surface area contributed by atoms with Gasteiger partial charge in [-0.1, -0.05) is 6.07 Å². The molecule has 0 atom stereocenters. The van der Waals surface area contributed by atoms with Crippen molar-refractivity contribution in [2.24, 2.45) is 0 Å². The van der Waals surface area contributed by atoms with Crippen LogP contribution >= 0.6 is 0 Å². The Kier molecular flexibility index (Phi) is 4.54. The molecule has 1 heterocycles. The van der Waals surface area contributed by atoms with Crippen LogP contribution in [0.25, 0.3) is 0 Å². The average molecular weight is 204 g/mol. The average Bonchev–Trinajstić information content (AvgIpc) is 2.18. The topological polar surface area (TPSA) is 42.0 Å². The van der Waals surface area contributed by atoms with Gasteiger partial charge in [-0.05, 0) is 32.1 Å². The predicted octanol–water partition coefficient (Wildman–Crippen LogP) is 1.71. The van der Waals surface area contributed by atoms with Crippen molar-refractivity contribution in [2.45, 2.75) is 20.3 Å². The molecule has 80 valence electrons. The molecule has 3 nitrogen and oxygen atoms in total. The first-order valence-corrected chi connectivity index (χ1v) is 5.01. The van der Waals surface area contributed by atoms with Gasteiger partial charge in [0, 0.05) is 30.6 Å². The molecule has 0 unspecified atom stereocenters. The van der Waals surface area contributed by atoms with E-state index in [1.165, 1.54) is 0 Å². The fraction of sp³-hybridized carbons (Fsp3) is 0.333. The van der Waals surface area contributed by atoms with E-state index >= 15 is 0 Å². The summed E-state index contributed by atoms with van der Waals surface area (Å²) in [7, 11) is 0. The van der Waals surface area contributed by atoms with Crippen LogP contribution in [-0.4, -0.2) is 17.3 Å². The fourth-order valence-electron chi connectivity index (χ4n) is 1.29. The molecule has 15 heavy (non-hydrogen) atoms. The van der Waals surface area contributed by atoms with Crippen molar-refractivity contribution in [3.8, 4) is 0 Å². The van der Waals surface area contributed by atoms with Crippen LogP contribution in [-0.2, 0) is 11.2 Å². The molecule has 0 aliphatic heterocycles. The second-order valence-electron chi connectivity index (χ2n) is 3.44. The predicted molar refractivity (Wildman–Crippen MR) is 60.4 cm³/mol. The minimum atomic E-state index is 0.0674. The summed E-state index contributed by atoms with van der Waals surface area (Å²) in [5.41, 5.74) is 1.96. The summed E-state index contributed by atoms with van der Waals surface area (Å²) in [4.78, 5) is 15.0. The van der Waals surface area contributed by atoms with Gasteiger partial charge in [-0.25, -0.2) is 0 Å². The van der Waals surface area contributed by atoms with Crippen molar-refractivity contribution in [1.82, 2.24) is 10.3 Å². The van der Waals surface area contributed by atoms with Gasteiger partial charge in [0.25, 0.3) is 0 Å². The van der Waals surface area contributed by atoms with Gasteiger partial charge in [0.15, 0.2) is 5.78 Å². The third-order valence-electron chi connectivity index (χ3n) is 1.93. The largest absolute Gasteiger partial charge is 0.388 e. The highest BCUT2D eigenvalue weighted by molar-refractivity contribution is 5.87. The Hall–Kier alpha value is -1.64. The standard InChI is InChI=1S/C12H16N2O/c1-10(9-11(2)15)13-8-6-12-5-3-4-7-14-12/h3-5,7,9,13H,6,8H2,1-2H3. The number of carbonyl (C=O) groups excluding carboxylic acids is 1. The first kappa shape index (κ1) is 11.4. The molecule has 0 saturated heterocycles. The third-order valence-corrected chi connectivity index (χ3v) is 1.93. The number of rotatable bonds is 5. The third kappa shape index (κ3) is 4.96. The summed E-state index contributed by atoms with van der Waals surface area (Å²) in [5, 5.41) is 3.16. The second-order valence-corrected chi connectivity index (χ2v) is 3.44. The highest BCUT2D eigenvalue weighted by Gasteiger charge is 1.94. The Morgan fingerprint density at radius 3 is 2.87 bits per heavy atom. The number of carbonyl (C=O) groups is 1. The lowest BCUT2D eigenvalue weighted by atomic mass is 10.2. The Balaban J connectivity index is 2.31. The minimum Gasteiger partial charge on any atom is -0.388 e. The Bertz CT molecular complexity index is 344. The summed E-state index contributed by atoms with van der Waals surface area (Å²) in [5.74, 6) is 0.0674. The summed E-state index contributed by atoms with van der Waals surface area (Å²) in [6.07, 6.45) is 4.25. The van der Waals surface area contributed by atoms with Gasteiger partial charge in [-0.3, -0.25) is 9.78 Å². The van der Waals surface area contributed by atoms with Crippen molar-refractivity contribution in [1.29, 1.82) is 0 Å². The summed E-state index contributed by atoms with van der Waals surface area (Å²) >= 11 is 0. The molecule has 3 heteroatoms. The highest BCUT2D eigenvalue weighted by Crippen LogP contribution is 1.94. The van der Waals surface area contributed by atoms with Gasteiger partial charge >= 0.3 is 0 Å². The van der Waals surface area contributed by atoms with Crippen molar-refractivity contribution in [2.75, 3.05) is 6.54 Å². The molecule has 0 fully saturated rings. The van der Waals surface area contributed by atoms with Crippen LogP contribution in [0.5, 0.6) is 0 Å². The van der Waals surface area contributed by atoms with E-state index in [0.717, 1.165) is 24.4 Å². The van der Waals surface area contributed by atoms with E-state index < -0.39 is 0 Å². The molecule has 1 N–H and O–H groups in total. The van der Waals surface area contributed by atoms with Crippen LogP contribution in [0.3, 0.4) is 0 Å². The Morgan fingerprint density at radius 2 is 2.27 bits per heavy atom. The van der Waals surface area contributed by atoms with Crippen LogP contribution in [0.15, 0.2) is 36.2 Å². The maximum Gasteiger partial charge on any atom is 0.154 e. The van der Waals surface area contributed by atoms with Crippen LogP contribution in [0.4, 0.5) is 0 Å². The van der Waals surface area contributed by atoms with Gasteiger partial charge in [0.2, 0.25) is 0 Å². The number of nitrogens with one attached hydrogen (secondary N) is 1. The van der Waals surface area contributed by atoms with Crippen molar-refractivity contribution in [3.63, 3.8) is 0 Å². The summed E-state index contributed by atoms with van der Waals surface area (Å²) < 4.78 is 0. The molecule has 0 spiro atoms. The van der Waals surface area contributed by atoms with Gasteiger partial charge < -0.3 is 5.32 Å². The van der Waals surface area contributed by atoms with Crippen molar-refractivity contribution in [3.05, 3.63) is 41.9 Å². The van der Waals surface area contributed by atoms with Gasteiger partial charge in [0.1, 0.15) is 0 Å². The minimum absolute atomic E-state index is 0.0674. The molecule has 1 aromatic heterocycles. The van der Waals surface area contributed by atoms with Crippen LogP contribution < -0.4 is 5.32 Å². The number of pyridine rings is 1. The number of allylic oxidation sites excluding steroid dienone is 2. The van der Waals surface area contributed by atoms with Crippen molar-refractivity contribution < 1.29 is 4.79 Å². The maximum absolute atomic E-state index is 10.8. The van der Waals surface area contributed by atoms with E-state index in [-0.39, 0.29) is 5.78 Å². The van der Waals surface area contributed by atoms with E-state index in [9.17, 15) is 4.79 Å². The molecule has 0 aromatic carbocycles. The highest BCUT2D eigenvalue weighted by atomic mass is 16.1. The molecule has 0 aliphatic rings. The molecule has 0 saturated carbocycles. The molecule has 1 rings (SSSR count). The van der Waals surface area contributed by atoms with Gasteiger partial charge in [0.05, 0.1) is 0 Å². The molecule has 0 amide bonds. The Morgan fingerprint density at radius 1 is 1.47 bits per heavy atom. The lowest BCUT2D eigenvalue weighted by molar-refractivity contribution is -0.112. The first-order valence-electron chi connectivity index (χ1n) is 5.01. The normalized spacial score (nSPS) is 11.2.